The van der Waals surface area contributed by atoms with Crippen molar-refractivity contribution >= 4 is 33.3 Å². The Morgan fingerprint density at radius 1 is 1.42 bits per heavy atom. The van der Waals surface area contributed by atoms with Crippen molar-refractivity contribution in [1.29, 1.82) is 0 Å². The van der Waals surface area contributed by atoms with E-state index in [9.17, 15) is 0 Å². The molecule has 0 aliphatic carbocycles. The number of aromatic nitrogens is 2. The van der Waals surface area contributed by atoms with Gasteiger partial charge in [0, 0.05) is 18.6 Å². The first-order valence-electron chi connectivity index (χ1n) is 6.88. The van der Waals surface area contributed by atoms with Crippen LogP contribution in [0.25, 0.3) is 10.2 Å². The third kappa shape index (κ3) is 2.16. The maximum absolute atomic E-state index is 4.75. The summed E-state index contributed by atoms with van der Waals surface area (Å²) in [5.74, 6) is 1.83. The van der Waals surface area contributed by atoms with Crippen LogP contribution in [0.2, 0.25) is 0 Å². The van der Waals surface area contributed by atoms with Gasteiger partial charge in [-0.05, 0) is 45.1 Å². The van der Waals surface area contributed by atoms with Crippen LogP contribution in [-0.2, 0) is 0 Å². The summed E-state index contributed by atoms with van der Waals surface area (Å²) in [6.45, 7) is 8.60. The topological polar surface area (TPSA) is 41.1 Å². The lowest BCUT2D eigenvalue weighted by Crippen LogP contribution is -2.38. The number of hydrogen-bond donors (Lipinski definition) is 1. The highest BCUT2D eigenvalue weighted by atomic mass is 32.1. The van der Waals surface area contributed by atoms with E-state index in [0.717, 1.165) is 29.7 Å². The molecule has 0 spiro atoms. The average molecular weight is 276 g/mol. The highest BCUT2D eigenvalue weighted by Gasteiger charge is 2.34. The van der Waals surface area contributed by atoms with E-state index in [-0.39, 0.29) is 5.54 Å². The number of hydrogen-bond acceptors (Lipinski definition) is 5. The molecule has 1 aliphatic rings. The van der Waals surface area contributed by atoms with Crippen LogP contribution < -0.4 is 10.2 Å². The second-order valence-corrected chi connectivity index (χ2v) is 6.50. The molecule has 0 aromatic carbocycles. The first-order valence-corrected chi connectivity index (χ1v) is 7.76. The summed E-state index contributed by atoms with van der Waals surface area (Å²) >= 11 is 1.68. The predicted octanol–water partition coefficient (Wildman–Crippen LogP) is 3.50. The lowest BCUT2D eigenvalue weighted by Gasteiger charge is -2.33. The molecule has 4 nitrogen and oxygen atoms in total. The molecule has 0 unspecified atom stereocenters. The SMILES string of the molecule is CCNc1nc(N2CCCC2(C)C)c2ccsc2n1. The molecule has 3 heterocycles. The number of fused-ring (bicyclic) bond motifs is 1. The smallest absolute Gasteiger partial charge is 0.226 e. The lowest BCUT2D eigenvalue weighted by molar-refractivity contribution is 0.515. The zero-order chi connectivity index (χ0) is 13.5. The Morgan fingerprint density at radius 3 is 2.95 bits per heavy atom. The van der Waals surface area contributed by atoms with E-state index in [1.165, 1.54) is 18.2 Å². The lowest BCUT2D eigenvalue weighted by atomic mass is 10.0. The highest BCUT2D eigenvalue weighted by molar-refractivity contribution is 7.16. The molecule has 1 saturated heterocycles. The fraction of sp³-hybridized carbons (Fsp3) is 0.571. The Hall–Kier alpha value is -1.36. The van der Waals surface area contributed by atoms with Crippen molar-refractivity contribution in [3.05, 3.63) is 11.4 Å². The Balaban J connectivity index is 2.13. The van der Waals surface area contributed by atoms with Crippen LogP contribution in [0.3, 0.4) is 0 Å². The molecule has 0 bridgehead atoms. The highest BCUT2D eigenvalue weighted by Crippen LogP contribution is 2.37. The van der Waals surface area contributed by atoms with Crippen molar-refractivity contribution in [3.8, 4) is 0 Å². The summed E-state index contributed by atoms with van der Waals surface area (Å²) in [7, 11) is 0. The van der Waals surface area contributed by atoms with Crippen molar-refractivity contribution in [1.82, 2.24) is 9.97 Å². The molecular formula is C14H20N4S. The minimum absolute atomic E-state index is 0.187. The van der Waals surface area contributed by atoms with E-state index in [2.05, 4.69) is 47.4 Å². The molecule has 0 atom stereocenters. The Morgan fingerprint density at radius 2 is 2.26 bits per heavy atom. The van der Waals surface area contributed by atoms with Gasteiger partial charge < -0.3 is 10.2 Å². The van der Waals surface area contributed by atoms with Crippen molar-refractivity contribution in [2.45, 2.75) is 39.2 Å². The number of thiophene rings is 1. The molecule has 1 fully saturated rings. The molecule has 0 amide bonds. The normalized spacial score (nSPS) is 18.2. The van der Waals surface area contributed by atoms with Crippen LogP contribution in [0, 0.1) is 0 Å². The fourth-order valence-electron chi connectivity index (χ4n) is 2.78. The van der Waals surface area contributed by atoms with Gasteiger partial charge in [0.2, 0.25) is 5.95 Å². The fourth-order valence-corrected chi connectivity index (χ4v) is 3.54. The largest absolute Gasteiger partial charge is 0.354 e. The maximum Gasteiger partial charge on any atom is 0.226 e. The van der Waals surface area contributed by atoms with E-state index >= 15 is 0 Å². The van der Waals surface area contributed by atoms with Gasteiger partial charge in [0.05, 0.1) is 5.39 Å². The van der Waals surface area contributed by atoms with Crippen molar-refractivity contribution in [3.63, 3.8) is 0 Å². The molecule has 5 heteroatoms. The van der Waals surface area contributed by atoms with Gasteiger partial charge in [-0.15, -0.1) is 11.3 Å². The van der Waals surface area contributed by atoms with E-state index in [1.54, 1.807) is 11.3 Å². The van der Waals surface area contributed by atoms with Gasteiger partial charge in [-0.3, -0.25) is 0 Å². The monoisotopic (exact) mass is 276 g/mol. The van der Waals surface area contributed by atoms with Gasteiger partial charge >= 0.3 is 0 Å². The first kappa shape index (κ1) is 12.7. The molecule has 1 N–H and O–H groups in total. The molecule has 19 heavy (non-hydrogen) atoms. The first-order chi connectivity index (χ1) is 9.12. The number of nitrogens with one attached hydrogen (secondary N) is 1. The average Bonchev–Trinajstić information content (AvgIpc) is 2.94. The van der Waals surface area contributed by atoms with Crippen molar-refractivity contribution in [2.75, 3.05) is 23.3 Å². The minimum Gasteiger partial charge on any atom is -0.354 e. The number of anilines is 2. The van der Waals surface area contributed by atoms with Crippen LogP contribution >= 0.6 is 11.3 Å². The quantitative estimate of drug-likeness (QED) is 0.931. The van der Waals surface area contributed by atoms with Crippen LogP contribution in [-0.4, -0.2) is 28.6 Å². The molecule has 2 aromatic heterocycles. The summed E-state index contributed by atoms with van der Waals surface area (Å²) < 4.78 is 0. The molecule has 2 aromatic rings. The molecule has 3 rings (SSSR count). The summed E-state index contributed by atoms with van der Waals surface area (Å²) in [6.07, 6.45) is 2.46. The van der Waals surface area contributed by atoms with E-state index in [0.29, 0.717) is 0 Å². The van der Waals surface area contributed by atoms with E-state index in [4.69, 9.17) is 4.98 Å². The minimum atomic E-state index is 0.187. The molecule has 1 aliphatic heterocycles. The molecule has 102 valence electrons. The zero-order valence-electron chi connectivity index (χ0n) is 11.7. The van der Waals surface area contributed by atoms with Gasteiger partial charge in [-0.25, -0.2) is 4.98 Å². The number of rotatable bonds is 3. The zero-order valence-corrected chi connectivity index (χ0v) is 12.5. The van der Waals surface area contributed by atoms with Gasteiger partial charge in [-0.1, -0.05) is 0 Å². The predicted molar refractivity (Wildman–Crippen MR) is 82.2 cm³/mol. The summed E-state index contributed by atoms with van der Waals surface area (Å²) in [5, 5.41) is 6.52. The van der Waals surface area contributed by atoms with Gasteiger partial charge in [0.1, 0.15) is 10.6 Å². The Labute approximate surface area is 117 Å². The van der Waals surface area contributed by atoms with E-state index < -0.39 is 0 Å². The van der Waals surface area contributed by atoms with Crippen LogP contribution in [0.15, 0.2) is 11.4 Å². The maximum atomic E-state index is 4.75. The number of nitrogens with zero attached hydrogens (tertiary/aromatic N) is 3. The van der Waals surface area contributed by atoms with E-state index in [1.807, 2.05) is 0 Å². The van der Waals surface area contributed by atoms with Gasteiger partial charge in [-0.2, -0.15) is 4.98 Å². The molecule has 0 saturated carbocycles. The van der Waals surface area contributed by atoms with Crippen LogP contribution in [0.1, 0.15) is 33.6 Å². The van der Waals surface area contributed by atoms with Crippen LogP contribution in [0.5, 0.6) is 0 Å². The van der Waals surface area contributed by atoms with Crippen molar-refractivity contribution < 1.29 is 0 Å². The summed E-state index contributed by atoms with van der Waals surface area (Å²) in [4.78, 5) is 12.8. The standard InChI is InChI=1S/C14H20N4S/c1-4-15-13-16-11(10-6-9-19-12(10)17-13)18-8-5-7-14(18,2)3/h6,9H,4-5,7-8H2,1-3H3,(H,15,16,17). The Kier molecular flexibility index (Phi) is 3.09. The summed E-state index contributed by atoms with van der Waals surface area (Å²) in [5.41, 5.74) is 0.187. The third-order valence-corrected chi connectivity index (χ3v) is 4.60. The van der Waals surface area contributed by atoms with Gasteiger partial charge in [0.15, 0.2) is 0 Å². The van der Waals surface area contributed by atoms with Crippen LogP contribution in [0.4, 0.5) is 11.8 Å². The second-order valence-electron chi connectivity index (χ2n) is 5.61. The van der Waals surface area contributed by atoms with Crippen molar-refractivity contribution in [2.24, 2.45) is 0 Å². The Bertz CT molecular complexity index is 590. The third-order valence-electron chi connectivity index (χ3n) is 3.80. The molecular weight excluding hydrogens is 256 g/mol. The summed E-state index contributed by atoms with van der Waals surface area (Å²) in [6, 6.07) is 2.14. The second kappa shape index (κ2) is 4.63. The molecule has 0 radical (unpaired) electrons. The van der Waals surface area contributed by atoms with Gasteiger partial charge in [0.25, 0.3) is 0 Å².